The Hall–Kier alpha value is -3.15. The van der Waals surface area contributed by atoms with E-state index in [0.717, 1.165) is 73.0 Å². The van der Waals surface area contributed by atoms with Gasteiger partial charge in [-0.1, -0.05) is 203 Å². The van der Waals surface area contributed by atoms with E-state index in [1.807, 2.05) is 18.2 Å². The summed E-state index contributed by atoms with van der Waals surface area (Å²) in [6.45, 7) is 17.9. The smallest absolute Gasteiger partial charge is 0.303 e. The number of ether oxygens (including phenoxy) is 7. The standard InChI is InChI=1S/C58H92O9/c1-49(2)23-20-24-50(3)25-21-26-51(4)27-22-28-52(5)36-38-66-56(47-64-37-19-8-6-7-18-35-57(59)60)48-65-44-43-62-40-39-61-41-42-63-45-46-67-58(53-29-12-9-13-30-53,54-31-14-10-15-32-54)55-33-16-11-17-34-55/h9-17,29-34,49-52,56H,6-8,18-28,35-48H2,1-5H3,(H,59,60)/t50-,51-,52?,56?/m1/s1. The predicted molar refractivity (Wildman–Crippen MR) is 273 cm³/mol. The molecule has 0 spiro atoms. The quantitative estimate of drug-likeness (QED) is 0.0439. The molecule has 378 valence electrons. The van der Waals surface area contributed by atoms with Crippen molar-refractivity contribution in [3.63, 3.8) is 0 Å². The third-order valence-corrected chi connectivity index (χ3v) is 12.7. The topological polar surface area (TPSA) is 102 Å². The van der Waals surface area contributed by atoms with Gasteiger partial charge < -0.3 is 38.3 Å². The Labute approximate surface area is 407 Å². The summed E-state index contributed by atoms with van der Waals surface area (Å²) in [6, 6.07) is 31.1. The molecule has 0 saturated carbocycles. The lowest BCUT2D eigenvalue weighted by Gasteiger charge is -2.36. The highest BCUT2D eigenvalue weighted by atomic mass is 16.6. The summed E-state index contributed by atoms with van der Waals surface area (Å²) < 4.78 is 42.7. The van der Waals surface area contributed by atoms with Crippen LogP contribution >= 0.6 is 0 Å². The van der Waals surface area contributed by atoms with Gasteiger partial charge in [-0.2, -0.15) is 0 Å². The molecular formula is C58H92O9. The number of rotatable bonds is 44. The lowest BCUT2D eigenvalue weighted by atomic mass is 9.80. The van der Waals surface area contributed by atoms with E-state index >= 15 is 0 Å². The second kappa shape index (κ2) is 37.7. The molecule has 9 heteroatoms. The second-order valence-corrected chi connectivity index (χ2v) is 19.3. The third kappa shape index (κ3) is 27.0. The average Bonchev–Trinajstić information content (AvgIpc) is 3.32. The van der Waals surface area contributed by atoms with Gasteiger partial charge in [0.15, 0.2) is 0 Å². The highest BCUT2D eigenvalue weighted by Gasteiger charge is 2.37. The van der Waals surface area contributed by atoms with Gasteiger partial charge in [0.25, 0.3) is 0 Å². The average molecular weight is 933 g/mol. The maximum absolute atomic E-state index is 10.8. The van der Waals surface area contributed by atoms with E-state index in [1.165, 1.54) is 57.8 Å². The van der Waals surface area contributed by atoms with Crippen molar-refractivity contribution in [2.45, 2.75) is 149 Å². The first-order valence-corrected chi connectivity index (χ1v) is 26.2. The molecule has 3 rings (SSSR count). The maximum Gasteiger partial charge on any atom is 0.303 e. The third-order valence-electron chi connectivity index (χ3n) is 12.7. The number of benzene rings is 3. The lowest BCUT2D eigenvalue weighted by Crippen LogP contribution is -2.34. The van der Waals surface area contributed by atoms with Crippen LogP contribution in [0.4, 0.5) is 0 Å². The molecule has 4 atom stereocenters. The summed E-state index contributed by atoms with van der Waals surface area (Å²) in [7, 11) is 0. The number of unbranched alkanes of at least 4 members (excludes halogenated alkanes) is 4. The highest BCUT2D eigenvalue weighted by molar-refractivity contribution is 5.66. The summed E-state index contributed by atoms with van der Waals surface area (Å²) in [5.41, 5.74) is 2.44. The number of aliphatic carboxylic acids is 1. The van der Waals surface area contributed by atoms with Crippen LogP contribution < -0.4 is 0 Å². The van der Waals surface area contributed by atoms with Crippen LogP contribution in [0, 0.1) is 23.7 Å². The van der Waals surface area contributed by atoms with Crippen molar-refractivity contribution in [2.75, 3.05) is 79.3 Å². The Kier molecular flexibility index (Phi) is 32.7. The van der Waals surface area contributed by atoms with E-state index in [1.54, 1.807) is 0 Å². The molecule has 1 N–H and O–H groups in total. The van der Waals surface area contributed by atoms with Crippen molar-refractivity contribution in [1.82, 2.24) is 0 Å². The van der Waals surface area contributed by atoms with Crippen LogP contribution in [0.5, 0.6) is 0 Å². The summed E-state index contributed by atoms with van der Waals surface area (Å²) >= 11 is 0. The molecule has 3 aromatic carbocycles. The second-order valence-electron chi connectivity index (χ2n) is 19.3. The molecule has 0 fully saturated rings. The minimum absolute atomic E-state index is 0.129. The molecule has 0 aromatic heterocycles. The Bertz CT molecular complexity index is 1480. The number of hydrogen-bond acceptors (Lipinski definition) is 8. The van der Waals surface area contributed by atoms with E-state index < -0.39 is 11.6 Å². The molecule has 67 heavy (non-hydrogen) atoms. The molecule has 3 aromatic rings. The number of hydrogen-bond donors (Lipinski definition) is 1. The molecule has 0 bridgehead atoms. The molecule has 0 amide bonds. The van der Waals surface area contributed by atoms with Crippen molar-refractivity contribution in [3.05, 3.63) is 108 Å². The molecule has 0 aliphatic carbocycles. The van der Waals surface area contributed by atoms with Crippen LogP contribution in [0.25, 0.3) is 0 Å². The van der Waals surface area contributed by atoms with Crippen molar-refractivity contribution < 1.29 is 43.1 Å². The van der Waals surface area contributed by atoms with Crippen molar-refractivity contribution in [2.24, 2.45) is 23.7 Å². The van der Waals surface area contributed by atoms with Gasteiger partial charge in [0.1, 0.15) is 11.7 Å². The molecule has 0 aliphatic heterocycles. The minimum atomic E-state index is -0.762. The zero-order chi connectivity index (χ0) is 48.1. The lowest BCUT2D eigenvalue weighted by molar-refractivity contribution is -0.137. The molecule has 9 nitrogen and oxygen atoms in total. The zero-order valence-electron chi connectivity index (χ0n) is 42.6. The van der Waals surface area contributed by atoms with Crippen LogP contribution in [0.3, 0.4) is 0 Å². The SMILES string of the molecule is CC(C)CCC[C@@H](C)CCC[C@@H](C)CCCC(C)CCOC(COCCCCCCCC(=O)O)COCCOCCOCCOCCOC(c1ccccc1)(c1ccccc1)c1ccccc1. The molecule has 0 radical (unpaired) electrons. The van der Waals surface area contributed by atoms with E-state index in [-0.39, 0.29) is 12.5 Å². The predicted octanol–water partition coefficient (Wildman–Crippen LogP) is 13.4. The largest absolute Gasteiger partial charge is 0.481 e. The first-order valence-electron chi connectivity index (χ1n) is 26.2. The van der Waals surface area contributed by atoms with Gasteiger partial charge in [-0.25, -0.2) is 0 Å². The van der Waals surface area contributed by atoms with E-state index in [0.29, 0.717) is 85.2 Å². The van der Waals surface area contributed by atoms with Gasteiger partial charge in [-0.15, -0.1) is 0 Å². The Balaban J connectivity index is 1.27. The first kappa shape index (κ1) is 58.2. The monoisotopic (exact) mass is 933 g/mol. The number of carboxylic acids is 1. The number of carboxylic acid groups (broad SMARTS) is 1. The molecule has 0 saturated heterocycles. The first-order chi connectivity index (χ1) is 32.7. The van der Waals surface area contributed by atoms with Gasteiger partial charge in [0.2, 0.25) is 0 Å². The Morgan fingerprint density at radius 3 is 1.28 bits per heavy atom. The summed E-state index contributed by atoms with van der Waals surface area (Å²) in [5, 5.41) is 8.85. The fourth-order valence-electron chi connectivity index (χ4n) is 8.64. The van der Waals surface area contributed by atoms with Gasteiger partial charge in [0.05, 0.1) is 66.1 Å². The van der Waals surface area contributed by atoms with Gasteiger partial charge in [-0.05, 0) is 59.6 Å². The Morgan fingerprint density at radius 1 is 0.433 bits per heavy atom. The van der Waals surface area contributed by atoms with Gasteiger partial charge >= 0.3 is 5.97 Å². The number of carbonyl (C=O) groups is 1. The van der Waals surface area contributed by atoms with E-state index in [9.17, 15) is 4.79 Å². The molecule has 0 aliphatic rings. The summed E-state index contributed by atoms with van der Waals surface area (Å²) in [6.07, 6.45) is 17.9. The molecule has 2 unspecified atom stereocenters. The molecule has 0 heterocycles. The Morgan fingerprint density at radius 2 is 0.821 bits per heavy atom. The fourth-order valence-corrected chi connectivity index (χ4v) is 8.64. The minimum Gasteiger partial charge on any atom is -0.481 e. The van der Waals surface area contributed by atoms with Crippen LogP contribution in [-0.2, 0) is 43.6 Å². The fraction of sp³-hybridized carbons (Fsp3) is 0.672. The van der Waals surface area contributed by atoms with Gasteiger partial charge in [0, 0.05) is 19.6 Å². The van der Waals surface area contributed by atoms with E-state index in [4.69, 9.17) is 38.3 Å². The van der Waals surface area contributed by atoms with Crippen molar-refractivity contribution in [3.8, 4) is 0 Å². The van der Waals surface area contributed by atoms with Crippen LogP contribution in [0.2, 0.25) is 0 Å². The molecular weight excluding hydrogens is 841 g/mol. The van der Waals surface area contributed by atoms with Crippen LogP contribution in [0.15, 0.2) is 91.0 Å². The highest BCUT2D eigenvalue weighted by Crippen LogP contribution is 2.40. The van der Waals surface area contributed by atoms with Crippen LogP contribution in [0.1, 0.15) is 154 Å². The van der Waals surface area contributed by atoms with Crippen LogP contribution in [-0.4, -0.2) is 96.5 Å². The van der Waals surface area contributed by atoms with Crippen molar-refractivity contribution in [1.29, 1.82) is 0 Å². The normalized spacial score (nSPS) is 13.8. The van der Waals surface area contributed by atoms with Crippen molar-refractivity contribution >= 4 is 5.97 Å². The van der Waals surface area contributed by atoms with E-state index in [2.05, 4.69) is 107 Å². The maximum atomic E-state index is 10.8. The summed E-state index contributed by atoms with van der Waals surface area (Å²) in [4.78, 5) is 10.8. The van der Waals surface area contributed by atoms with Gasteiger partial charge in [-0.3, -0.25) is 4.79 Å². The summed E-state index contributed by atoms with van der Waals surface area (Å²) in [5.74, 6) is 2.39. The zero-order valence-corrected chi connectivity index (χ0v) is 42.6.